The quantitative estimate of drug-likeness (QED) is 0.521. The molecule has 0 N–H and O–H groups in total. The Bertz CT molecular complexity index is 1450. The van der Waals surface area contributed by atoms with Gasteiger partial charge in [-0.05, 0) is 37.1 Å². The van der Waals surface area contributed by atoms with E-state index in [0.717, 1.165) is 25.0 Å². The summed E-state index contributed by atoms with van der Waals surface area (Å²) in [4.78, 5) is 25.8. The van der Waals surface area contributed by atoms with Crippen molar-refractivity contribution in [2.24, 2.45) is 4.99 Å². The average molecular weight is 511 g/mol. The second kappa shape index (κ2) is 8.65. The molecular weight excluding hydrogens is 494 g/mol. The van der Waals surface area contributed by atoms with Crippen molar-refractivity contribution in [1.29, 1.82) is 5.26 Å². The molecule has 0 radical (unpaired) electrons. The van der Waals surface area contributed by atoms with Crippen molar-refractivity contribution in [3.63, 3.8) is 0 Å². The van der Waals surface area contributed by atoms with E-state index in [4.69, 9.17) is 20.9 Å². The molecule has 2 aromatic carbocycles. The fourth-order valence-electron chi connectivity index (χ4n) is 4.84. The fraction of sp³-hybridized carbons (Fsp3) is 0.292. The van der Waals surface area contributed by atoms with Crippen LogP contribution in [0.5, 0.6) is 0 Å². The maximum atomic E-state index is 14.3. The minimum atomic E-state index is -0.886. The Labute approximate surface area is 208 Å². The van der Waals surface area contributed by atoms with Crippen molar-refractivity contribution in [3.8, 4) is 17.5 Å². The van der Waals surface area contributed by atoms with E-state index in [9.17, 15) is 18.8 Å². The molecule has 4 heterocycles. The highest BCUT2D eigenvalue weighted by atomic mass is 35.5. The van der Waals surface area contributed by atoms with Crippen LogP contribution in [0.15, 0.2) is 39.8 Å². The van der Waals surface area contributed by atoms with Crippen LogP contribution in [0.4, 0.5) is 20.2 Å². The van der Waals surface area contributed by atoms with Gasteiger partial charge >= 0.3 is 0 Å². The third-order valence-electron chi connectivity index (χ3n) is 6.51. The number of carbonyl (C=O) groups is 1. The van der Waals surface area contributed by atoms with Crippen molar-refractivity contribution in [2.75, 3.05) is 23.0 Å². The van der Waals surface area contributed by atoms with Gasteiger partial charge in [0.25, 0.3) is 11.8 Å². The smallest absolute Gasteiger partial charge is 0.254 e. The maximum absolute atomic E-state index is 14.3. The van der Waals surface area contributed by atoms with E-state index in [1.807, 2.05) is 0 Å². The summed E-state index contributed by atoms with van der Waals surface area (Å²) in [6.45, 7) is 0.847. The van der Waals surface area contributed by atoms with Crippen LogP contribution < -0.4 is 9.80 Å². The molecule has 36 heavy (non-hydrogen) atoms. The van der Waals surface area contributed by atoms with Gasteiger partial charge in [-0.3, -0.25) is 9.79 Å². The predicted molar refractivity (Wildman–Crippen MR) is 125 cm³/mol. The summed E-state index contributed by atoms with van der Waals surface area (Å²) in [6.07, 6.45) is 2.96. The first-order valence-corrected chi connectivity index (χ1v) is 11.6. The van der Waals surface area contributed by atoms with E-state index in [1.165, 1.54) is 17.3 Å². The number of aromatic nitrogens is 2. The van der Waals surface area contributed by atoms with Gasteiger partial charge in [0.2, 0.25) is 5.82 Å². The van der Waals surface area contributed by atoms with Crippen molar-refractivity contribution >= 4 is 35.2 Å². The molecule has 0 saturated carbocycles. The number of rotatable bonds is 4. The van der Waals surface area contributed by atoms with Crippen LogP contribution in [0, 0.1) is 23.0 Å². The van der Waals surface area contributed by atoms with Gasteiger partial charge in [-0.25, -0.2) is 8.78 Å². The number of anilines is 2. The molecule has 0 bridgehead atoms. The van der Waals surface area contributed by atoms with Gasteiger partial charge in [0.1, 0.15) is 23.7 Å². The lowest BCUT2D eigenvalue weighted by atomic mass is 9.98. The average Bonchev–Trinajstić information content (AvgIpc) is 3.62. The number of aliphatic imine (C=N–C) groups is 1. The van der Waals surface area contributed by atoms with Gasteiger partial charge < -0.3 is 19.1 Å². The fourth-order valence-corrected chi connectivity index (χ4v) is 5.03. The van der Waals surface area contributed by atoms with Gasteiger partial charge in [0.05, 0.1) is 46.5 Å². The highest BCUT2D eigenvalue weighted by Crippen LogP contribution is 2.46. The van der Waals surface area contributed by atoms with E-state index in [2.05, 4.69) is 21.2 Å². The van der Waals surface area contributed by atoms with Crippen molar-refractivity contribution < 1.29 is 22.8 Å². The van der Waals surface area contributed by atoms with E-state index in [1.54, 1.807) is 17.0 Å². The van der Waals surface area contributed by atoms with Crippen LogP contribution in [0.3, 0.4) is 0 Å². The van der Waals surface area contributed by atoms with Gasteiger partial charge in [0, 0.05) is 12.7 Å². The Hall–Kier alpha value is -3.88. The molecule has 1 fully saturated rings. The van der Waals surface area contributed by atoms with Crippen LogP contribution >= 0.6 is 11.6 Å². The van der Waals surface area contributed by atoms with Crippen LogP contribution in [-0.4, -0.2) is 47.7 Å². The zero-order valence-electron chi connectivity index (χ0n) is 18.6. The zero-order valence-corrected chi connectivity index (χ0v) is 19.3. The summed E-state index contributed by atoms with van der Waals surface area (Å²) < 4.78 is 38.7. The molecule has 3 unspecified atom stereocenters. The highest BCUT2D eigenvalue weighted by Gasteiger charge is 2.49. The Morgan fingerprint density at radius 2 is 2.11 bits per heavy atom. The topological polar surface area (TPSA) is 108 Å². The first-order valence-electron chi connectivity index (χ1n) is 11.2. The van der Waals surface area contributed by atoms with E-state index >= 15 is 0 Å². The van der Waals surface area contributed by atoms with Crippen LogP contribution in [-0.2, 0) is 9.53 Å². The van der Waals surface area contributed by atoms with Gasteiger partial charge in [-0.1, -0.05) is 16.8 Å². The molecule has 3 aliphatic heterocycles. The van der Waals surface area contributed by atoms with Gasteiger partial charge in [-0.2, -0.15) is 10.2 Å². The molecule has 1 saturated heterocycles. The number of fused-ring (bicyclic) bond motifs is 3. The molecular formula is C24H17ClF2N6O3. The maximum Gasteiger partial charge on any atom is 0.254 e. The molecule has 12 heteroatoms. The molecule has 6 rings (SSSR count). The second-order valence-electron chi connectivity index (χ2n) is 8.63. The summed E-state index contributed by atoms with van der Waals surface area (Å²) in [5, 5.41) is 13.9. The minimum Gasteiger partial charge on any atom is -0.376 e. The zero-order chi connectivity index (χ0) is 25.0. The molecule has 1 amide bonds. The molecule has 0 spiro atoms. The Morgan fingerprint density at radius 3 is 2.86 bits per heavy atom. The number of nitriles is 1. The first kappa shape index (κ1) is 22.6. The van der Waals surface area contributed by atoms with Crippen LogP contribution in [0.25, 0.3) is 11.4 Å². The number of amides is 1. The van der Waals surface area contributed by atoms with Gasteiger partial charge in [0.15, 0.2) is 6.04 Å². The minimum absolute atomic E-state index is 0.000751. The monoisotopic (exact) mass is 510 g/mol. The largest absolute Gasteiger partial charge is 0.376 e. The molecule has 9 nitrogen and oxygen atoms in total. The summed E-state index contributed by atoms with van der Waals surface area (Å²) in [5.41, 5.74) is 1.11. The number of hydrogen-bond donors (Lipinski definition) is 0. The summed E-state index contributed by atoms with van der Waals surface area (Å²) in [6, 6.07) is 6.70. The molecule has 3 aromatic rings. The van der Waals surface area contributed by atoms with Crippen LogP contribution in [0.1, 0.15) is 30.3 Å². The van der Waals surface area contributed by atoms with Crippen molar-refractivity contribution in [2.45, 2.75) is 31.0 Å². The third kappa shape index (κ3) is 3.53. The Balaban J connectivity index is 1.40. The number of carbonyl (C=O) groups excluding carboxylic acids is 1. The highest BCUT2D eigenvalue weighted by molar-refractivity contribution is 6.33. The third-order valence-corrected chi connectivity index (χ3v) is 6.83. The first-order chi connectivity index (χ1) is 17.5. The molecule has 3 atom stereocenters. The molecule has 3 aliphatic rings. The molecule has 1 aromatic heterocycles. The summed E-state index contributed by atoms with van der Waals surface area (Å²) >= 11 is 6.31. The Morgan fingerprint density at radius 1 is 1.25 bits per heavy atom. The summed E-state index contributed by atoms with van der Waals surface area (Å²) in [5.74, 6) is -2.00. The number of nitrogens with zero attached hydrogens (tertiary/aromatic N) is 6. The number of hydrogen-bond acceptors (Lipinski definition) is 8. The number of ether oxygens (including phenoxy) is 1. The lowest BCUT2D eigenvalue weighted by Gasteiger charge is -2.40. The van der Waals surface area contributed by atoms with Crippen LogP contribution in [0.2, 0.25) is 5.02 Å². The second-order valence-corrected chi connectivity index (χ2v) is 9.03. The lowest BCUT2D eigenvalue weighted by molar-refractivity contribution is -0.120. The van der Waals surface area contributed by atoms with Gasteiger partial charge in [-0.15, -0.1) is 0 Å². The molecule has 182 valence electrons. The van der Waals surface area contributed by atoms with E-state index in [-0.39, 0.29) is 46.4 Å². The normalized spacial score (nSPS) is 22.6. The standard InChI is InChI=1S/C24H17ClF2N6O3/c25-16-5-6-18-20(15(16)9-28)32(10-13-2-1-7-35-13)24(34)21-19(29-11-33(18)21)23-30-22(31-36-23)14-4-3-12(26)8-17(14)27/h3-6,8,11,13,19,21H,1-2,7,10H2. The van der Waals surface area contributed by atoms with E-state index < -0.39 is 23.7 Å². The van der Waals surface area contributed by atoms with Crippen molar-refractivity contribution in [1.82, 2.24) is 10.1 Å². The summed E-state index contributed by atoms with van der Waals surface area (Å²) in [7, 11) is 0. The Kier molecular flexibility index (Phi) is 5.43. The van der Waals surface area contributed by atoms with E-state index in [0.29, 0.717) is 18.0 Å². The molecule has 0 aliphatic carbocycles. The predicted octanol–water partition coefficient (Wildman–Crippen LogP) is 4.02. The number of halogens is 3. The number of benzene rings is 2. The SMILES string of the molecule is N#Cc1c(Cl)ccc2c1N(CC1CCCO1)C(=O)C1C(c3nc(-c4ccc(F)cc4F)no3)N=CN21. The van der Waals surface area contributed by atoms with Crippen molar-refractivity contribution in [3.05, 3.63) is 58.4 Å². The lowest BCUT2D eigenvalue weighted by Crippen LogP contribution is -2.54.